The first kappa shape index (κ1) is 15.2. The summed E-state index contributed by atoms with van der Waals surface area (Å²) in [5.41, 5.74) is 0.780. The van der Waals surface area contributed by atoms with E-state index in [1.54, 1.807) is 0 Å². The van der Waals surface area contributed by atoms with Crippen LogP contribution in [-0.4, -0.2) is 16.5 Å². The standard InChI is InChI=1S/C15H17F2N3O/c1-3-7-18-13-8-10(2)19-14(20-13)9-21-12-6-4-5-11(16)15(12)17/h4-6,8H,3,7,9H2,1-2H3,(H,18,19,20). The second kappa shape index (κ2) is 6.97. The summed E-state index contributed by atoms with van der Waals surface area (Å²) in [4.78, 5) is 8.49. The molecule has 0 radical (unpaired) electrons. The maximum atomic E-state index is 13.5. The molecule has 0 fully saturated rings. The summed E-state index contributed by atoms with van der Waals surface area (Å²) in [6.45, 7) is 4.67. The highest BCUT2D eigenvalue weighted by molar-refractivity contribution is 5.35. The normalized spacial score (nSPS) is 10.5. The van der Waals surface area contributed by atoms with Gasteiger partial charge < -0.3 is 10.1 Å². The van der Waals surface area contributed by atoms with Gasteiger partial charge in [0.05, 0.1) is 0 Å². The molecule has 0 unspecified atom stereocenters. The second-order valence-corrected chi connectivity index (χ2v) is 4.58. The molecule has 1 heterocycles. The Hall–Kier alpha value is -2.24. The fraction of sp³-hybridized carbons (Fsp3) is 0.333. The number of hydrogen-bond acceptors (Lipinski definition) is 4. The molecule has 0 saturated heterocycles. The van der Waals surface area contributed by atoms with E-state index < -0.39 is 11.6 Å². The van der Waals surface area contributed by atoms with Crippen molar-refractivity contribution < 1.29 is 13.5 Å². The Kier molecular flexibility index (Phi) is 5.03. The Morgan fingerprint density at radius 1 is 1.24 bits per heavy atom. The molecule has 2 rings (SSSR count). The molecular formula is C15H17F2N3O. The van der Waals surface area contributed by atoms with Crippen molar-refractivity contribution >= 4 is 5.82 Å². The van der Waals surface area contributed by atoms with Crippen LogP contribution in [0.4, 0.5) is 14.6 Å². The molecule has 0 aliphatic heterocycles. The lowest BCUT2D eigenvalue weighted by molar-refractivity contribution is 0.276. The van der Waals surface area contributed by atoms with Crippen molar-refractivity contribution in [3.05, 3.63) is 47.4 Å². The van der Waals surface area contributed by atoms with Crippen molar-refractivity contribution in [1.29, 1.82) is 0 Å². The van der Waals surface area contributed by atoms with Crippen molar-refractivity contribution in [2.24, 2.45) is 0 Å². The maximum absolute atomic E-state index is 13.5. The van der Waals surface area contributed by atoms with E-state index in [9.17, 15) is 8.78 Å². The van der Waals surface area contributed by atoms with Crippen LogP contribution < -0.4 is 10.1 Å². The summed E-state index contributed by atoms with van der Waals surface area (Å²) in [6, 6.07) is 5.61. The van der Waals surface area contributed by atoms with Gasteiger partial charge in [-0.25, -0.2) is 14.4 Å². The molecule has 1 aromatic heterocycles. The Balaban J connectivity index is 2.09. The molecule has 4 nitrogen and oxygen atoms in total. The minimum Gasteiger partial charge on any atom is -0.482 e. The lowest BCUT2D eigenvalue weighted by atomic mass is 10.3. The number of ether oxygens (including phenoxy) is 1. The zero-order valence-corrected chi connectivity index (χ0v) is 12.0. The highest BCUT2D eigenvalue weighted by atomic mass is 19.2. The maximum Gasteiger partial charge on any atom is 0.200 e. The number of aromatic nitrogens is 2. The van der Waals surface area contributed by atoms with Crippen LogP contribution in [0.2, 0.25) is 0 Å². The van der Waals surface area contributed by atoms with E-state index in [2.05, 4.69) is 22.2 Å². The van der Waals surface area contributed by atoms with Gasteiger partial charge in [-0.2, -0.15) is 4.39 Å². The third-order valence-corrected chi connectivity index (χ3v) is 2.73. The predicted molar refractivity (Wildman–Crippen MR) is 76.2 cm³/mol. The van der Waals surface area contributed by atoms with Crippen LogP contribution in [0.5, 0.6) is 5.75 Å². The SMILES string of the molecule is CCCNc1cc(C)nc(COc2cccc(F)c2F)n1. The molecule has 0 aliphatic carbocycles. The van der Waals surface area contributed by atoms with Crippen molar-refractivity contribution in [3.8, 4) is 5.75 Å². The predicted octanol–water partition coefficient (Wildman–Crippen LogP) is 3.46. The molecular weight excluding hydrogens is 276 g/mol. The van der Waals surface area contributed by atoms with Gasteiger partial charge in [-0.3, -0.25) is 0 Å². The molecule has 6 heteroatoms. The van der Waals surface area contributed by atoms with Crippen LogP contribution in [0, 0.1) is 18.6 Å². The van der Waals surface area contributed by atoms with Crippen LogP contribution in [0.1, 0.15) is 24.9 Å². The average molecular weight is 293 g/mol. The third-order valence-electron chi connectivity index (χ3n) is 2.73. The van der Waals surface area contributed by atoms with Crippen molar-refractivity contribution in [2.45, 2.75) is 26.9 Å². The molecule has 2 aromatic rings. The quantitative estimate of drug-likeness (QED) is 0.886. The Morgan fingerprint density at radius 2 is 2.05 bits per heavy atom. The first-order valence-corrected chi connectivity index (χ1v) is 6.75. The summed E-state index contributed by atoms with van der Waals surface area (Å²) < 4.78 is 31.8. The summed E-state index contributed by atoms with van der Waals surface area (Å²) >= 11 is 0. The summed E-state index contributed by atoms with van der Waals surface area (Å²) in [5.74, 6) is -0.986. The summed E-state index contributed by atoms with van der Waals surface area (Å²) in [7, 11) is 0. The van der Waals surface area contributed by atoms with Crippen LogP contribution in [-0.2, 0) is 6.61 Å². The number of benzene rings is 1. The molecule has 0 atom stereocenters. The second-order valence-electron chi connectivity index (χ2n) is 4.58. The molecule has 1 N–H and O–H groups in total. The average Bonchev–Trinajstić information content (AvgIpc) is 2.46. The smallest absolute Gasteiger partial charge is 0.200 e. The largest absolute Gasteiger partial charge is 0.482 e. The van der Waals surface area contributed by atoms with E-state index in [1.807, 2.05) is 13.0 Å². The van der Waals surface area contributed by atoms with Gasteiger partial charge >= 0.3 is 0 Å². The summed E-state index contributed by atoms with van der Waals surface area (Å²) in [5, 5.41) is 3.15. The summed E-state index contributed by atoms with van der Waals surface area (Å²) in [6.07, 6.45) is 0.976. The van der Waals surface area contributed by atoms with Gasteiger partial charge in [0, 0.05) is 18.3 Å². The monoisotopic (exact) mass is 293 g/mol. The van der Waals surface area contributed by atoms with E-state index in [-0.39, 0.29) is 12.4 Å². The van der Waals surface area contributed by atoms with Crippen molar-refractivity contribution in [2.75, 3.05) is 11.9 Å². The number of anilines is 1. The lowest BCUT2D eigenvalue weighted by Gasteiger charge is -2.09. The van der Waals surface area contributed by atoms with E-state index in [0.29, 0.717) is 11.6 Å². The molecule has 112 valence electrons. The minimum atomic E-state index is -1.01. The first-order chi connectivity index (χ1) is 10.1. The number of rotatable bonds is 6. The van der Waals surface area contributed by atoms with Crippen molar-refractivity contribution in [1.82, 2.24) is 9.97 Å². The van der Waals surface area contributed by atoms with E-state index in [0.717, 1.165) is 24.7 Å². The Labute approximate surface area is 122 Å². The van der Waals surface area contributed by atoms with Gasteiger partial charge in [0.1, 0.15) is 12.4 Å². The van der Waals surface area contributed by atoms with Crippen LogP contribution in [0.15, 0.2) is 24.3 Å². The molecule has 0 spiro atoms. The Bertz CT molecular complexity index is 620. The van der Waals surface area contributed by atoms with Crippen LogP contribution in [0.25, 0.3) is 0 Å². The van der Waals surface area contributed by atoms with E-state index in [1.165, 1.54) is 12.1 Å². The van der Waals surface area contributed by atoms with Gasteiger partial charge in [-0.05, 0) is 25.5 Å². The molecule has 1 aromatic carbocycles. The van der Waals surface area contributed by atoms with Crippen LogP contribution >= 0.6 is 0 Å². The highest BCUT2D eigenvalue weighted by Crippen LogP contribution is 2.20. The topological polar surface area (TPSA) is 47.0 Å². The number of hydrogen-bond donors (Lipinski definition) is 1. The minimum absolute atomic E-state index is 0.0249. The van der Waals surface area contributed by atoms with Crippen molar-refractivity contribution in [3.63, 3.8) is 0 Å². The van der Waals surface area contributed by atoms with Gasteiger partial charge in [0.2, 0.25) is 5.82 Å². The molecule has 0 bridgehead atoms. The van der Waals surface area contributed by atoms with Gasteiger partial charge in [0.15, 0.2) is 17.4 Å². The fourth-order valence-electron chi connectivity index (χ4n) is 1.78. The third kappa shape index (κ3) is 4.11. The first-order valence-electron chi connectivity index (χ1n) is 6.75. The highest BCUT2D eigenvalue weighted by Gasteiger charge is 2.10. The fourth-order valence-corrected chi connectivity index (χ4v) is 1.78. The zero-order chi connectivity index (χ0) is 15.2. The Morgan fingerprint density at radius 3 is 2.81 bits per heavy atom. The number of aryl methyl sites for hydroxylation is 1. The van der Waals surface area contributed by atoms with Gasteiger partial charge in [0.25, 0.3) is 0 Å². The van der Waals surface area contributed by atoms with Gasteiger partial charge in [-0.15, -0.1) is 0 Å². The molecule has 0 aliphatic rings. The molecule has 21 heavy (non-hydrogen) atoms. The molecule has 0 saturated carbocycles. The number of nitrogens with zero attached hydrogens (tertiary/aromatic N) is 2. The molecule has 0 amide bonds. The number of halogens is 2. The van der Waals surface area contributed by atoms with Crippen LogP contribution in [0.3, 0.4) is 0 Å². The number of nitrogens with one attached hydrogen (secondary N) is 1. The van der Waals surface area contributed by atoms with Gasteiger partial charge in [-0.1, -0.05) is 13.0 Å². The van der Waals surface area contributed by atoms with E-state index in [4.69, 9.17) is 4.74 Å². The zero-order valence-electron chi connectivity index (χ0n) is 12.0. The lowest BCUT2D eigenvalue weighted by Crippen LogP contribution is -2.08. The van der Waals surface area contributed by atoms with E-state index >= 15 is 0 Å².